The van der Waals surface area contributed by atoms with E-state index in [1.165, 1.54) is 7.05 Å². The average molecular weight is 468 g/mol. The van der Waals surface area contributed by atoms with Gasteiger partial charge in [-0.25, -0.2) is 13.1 Å². The predicted molar refractivity (Wildman–Crippen MR) is 105 cm³/mol. The first-order chi connectivity index (χ1) is 11.0. The minimum atomic E-state index is -3.39. The quantitative estimate of drug-likeness (QED) is 0.330. The Morgan fingerprint density at radius 1 is 1.29 bits per heavy atom. The maximum Gasteiger partial charge on any atom is 0.240 e. The maximum absolute atomic E-state index is 11.7. The Bertz CT molecular complexity index is 629. The van der Waals surface area contributed by atoms with Crippen molar-refractivity contribution in [3.63, 3.8) is 0 Å². The molecule has 24 heavy (non-hydrogen) atoms. The monoisotopic (exact) mass is 468 g/mol. The summed E-state index contributed by atoms with van der Waals surface area (Å²) in [4.78, 5) is 4.42. The molecule has 0 aliphatic carbocycles. The molecule has 136 valence electrons. The van der Waals surface area contributed by atoms with Gasteiger partial charge in [0.05, 0.1) is 11.0 Å². The highest BCUT2D eigenvalue weighted by Crippen LogP contribution is 2.11. The number of halogens is 1. The first-order valence-corrected chi connectivity index (χ1v) is 9.12. The molecule has 1 heterocycles. The van der Waals surface area contributed by atoms with Crippen molar-refractivity contribution in [1.29, 1.82) is 0 Å². The molecule has 1 aromatic rings. The normalized spacial score (nSPS) is 18.1. The molecule has 1 aliphatic heterocycles. The zero-order chi connectivity index (χ0) is 16.7. The third-order valence-corrected chi connectivity index (χ3v) is 5.14. The fourth-order valence-electron chi connectivity index (χ4n) is 2.33. The van der Waals surface area contributed by atoms with Gasteiger partial charge in [0.1, 0.15) is 0 Å². The number of guanidine groups is 1. The van der Waals surface area contributed by atoms with E-state index in [1.54, 1.807) is 31.3 Å². The van der Waals surface area contributed by atoms with Gasteiger partial charge in [0.2, 0.25) is 10.0 Å². The summed E-state index contributed by atoms with van der Waals surface area (Å²) in [6.07, 6.45) is 2.44. The number of nitrogens with zero attached hydrogens (tertiary/aromatic N) is 1. The van der Waals surface area contributed by atoms with E-state index in [0.29, 0.717) is 12.5 Å². The molecule has 2 rings (SSSR count). The van der Waals surface area contributed by atoms with E-state index in [0.717, 1.165) is 31.6 Å². The molecule has 1 unspecified atom stereocenters. The number of hydrogen-bond donors (Lipinski definition) is 3. The van der Waals surface area contributed by atoms with Gasteiger partial charge in [0.15, 0.2) is 5.96 Å². The molecule has 1 saturated heterocycles. The van der Waals surface area contributed by atoms with Crippen molar-refractivity contribution in [3.05, 3.63) is 29.8 Å². The topological polar surface area (TPSA) is 91.8 Å². The van der Waals surface area contributed by atoms with Gasteiger partial charge in [-0.1, -0.05) is 12.1 Å². The van der Waals surface area contributed by atoms with Crippen LogP contribution in [0.3, 0.4) is 0 Å². The van der Waals surface area contributed by atoms with E-state index in [4.69, 9.17) is 4.74 Å². The molecule has 0 radical (unpaired) electrons. The lowest BCUT2D eigenvalue weighted by molar-refractivity contribution is 0.114. The van der Waals surface area contributed by atoms with Crippen LogP contribution in [-0.4, -0.2) is 47.7 Å². The Morgan fingerprint density at radius 2 is 2.00 bits per heavy atom. The molecule has 0 amide bonds. The largest absolute Gasteiger partial charge is 0.376 e. The molecule has 1 aromatic carbocycles. The highest BCUT2D eigenvalue weighted by atomic mass is 127. The van der Waals surface area contributed by atoms with Gasteiger partial charge in [-0.05, 0) is 37.6 Å². The number of benzene rings is 1. The van der Waals surface area contributed by atoms with Crippen LogP contribution >= 0.6 is 24.0 Å². The summed E-state index contributed by atoms with van der Waals surface area (Å²) in [7, 11) is -0.276. The van der Waals surface area contributed by atoms with Crippen LogP contribution in [0.25, 0.3) is 0 Å². The van der Waals surface area contributed by atoms with Crippen LogP contribution in [0, 0.1) is 0 Å². The Morgan fingerprint density at radius 3 is 2.54 bits per heavy atom. The van der Waals surface area contributed by atoms with Crippen molar-refractivity contribution in [3.8, 4) is 0 Å². The highest BCUT2D eigenvalue weighted by molar-refractivity contribution is 14.0. The number of aliphatic imine (C=N–C) groups is 1. The van der Waals surface area contributed by atoms with E-state index in [2.05, 4.69) is 20.3 Å². The van der Waals surface area contributed by atoms with Crippen molar-refractivity contribution < 1.29 is 13.2 Å². The second-order valence-corrected chi connectivity index (χ2v) is 7.18. The molecule has 1 atom stereocenters. The molecule has 0 aromatic heterocycles. The summed E-state index contributed by atoms with van der Waals surface area (Å²) in [5, 5.41) is 6.43. The fraction of sp³-hybridized carbons (Fsp3) is 0.533. The van der Waals surface area contributed by atoms with Crippen LogP contribution < -0.4 is 15.4 Å². The second kappa shape index (κ2) is 10.2. The standard InChI is InChI=1S/C15H24N4O3S.HI/c1-16-15(19-11-13-4-3-9-22-13)18-10-12-5-7-14(8-6-12)23(20,21)17-2;/h5-8,13,17H,3-4,9-11H2,1-2H3,(H2,16,18,19);1H. The maximum atomic E-state index is 11.7. The Balaban J connectivity index is 0.00000288. The van der Waals surface area contributed by atoms with E-state index in [9.17, 15) is 8.42 Å². The molecular formula is C15H25IN4O3S. The smallest absolute Gasteiger partial charge is 0.240 e. The Kier molecular flexibility index (Phi) is 8.95. The van der Waals surface area contributed by atoms with Crippen molar-refractivity contribution in [2.24, 2.45) is 4.99 Å². The number of sulfonamides is 1. The molecule has 0 spiro atoms. The fourth-order valence-corrected chi connectivity index (χ4v) is 3.06. The van der Waals surface area contributed by atoms with Gasteiger partial charge >= 0.3 is 0 Å². The minimum Gasteiger partial charge on any atom is -0.376 e. The summed E-state index contributed by atoms with van der Waals surface area (Å²) in [6.45, 7) is 2.13. The minimum absolute atomic E-state index is 0. The summed E-state index contributed by atoms with van der Waals surface area (Å²) in [5.74, 6) is 0.701. The van der Waals surface area contributed by atoms with Gasteiger partial charge in [-0.3, -0.25) is 4.99 Å². The number of ether oxygens (including phenoxy) is 1. The Hall–Kier alpha value is -0.910. The molecular weight excluding hydrogens is 443 g/mol. The third-order valence-electron chi connectivity index (χ3n) is 3.71. The van der Waals surface area contributed by atoms with Crippen LogP contribution in [0.15, 0.2) is 34.2 Å². The summed E-state index contributed by atoms with van der Waals surface area (Å²) in [5.41, 5.74) is 0.972. The van der Waals surface area contributed by atoms with Crippen LogP contribution in [-0.2, 0) is 21.3 Å². The molecule has 0 saturated carbocycles. The van der Waals surface area contributed by atoms with Crippen LogP contribution in [0.5, 0.6) is 0 Å². The first kappa shape index (κ1) is 21.1. The summed E-state index contributed by atoms with van der Waals surface area (Å²) < 4.78 is 31.2. The molecule has 0 bridgehead atoms. The van der Waals surface area contributed by atoms with E-state index in [-0.39, 0.29) is 35.0 Å². The zero-order valence-corrected chi connectivity index (χ0v) is 17.1. The lowest BCUT2D eigenvalue weighted by Crippen LogP contribution is -2.40. The van der Waals surface area contributed by atoms with Crippen molar-refractivity contribution in [2.75, 3.05) is 27.2 Å². The average Bonchev–Trinajstić information content (AvgIpc) is 3.09. The number of rotatable bonds is 6. The van der Waals surface area contributed by atoms with Crippen LogP contribution in [0.2, 0.25) is 0 Å². The molecule has 9 heteroatoms. The number of hydrogen-bond acceptors (Lipinski definition) is 4. The first-order valence-electron chi connectivity index (χ1n) is 7.64. The van der Waals surface area contributed by atoms with Crippen molar-refractivity contribution in [2.45, 2.75) is 30.4 Å². The zero-order valence-electron chi connectivity index (χ0n) is 13.9. The van der Waals surface area contributed by atoms with Gasteiger partial charge in [-0.15, -0.1) is 24.0 Å². The van der Waals surface area contributed by atoms with Crippen LogP contribution in [0.4, 0.5) is 0 Å². The molecule has 7 nitrogen and oxygen atoms in total. The summed E-state index contributed by atoms with van der Waals surface area (Å²) >= 11 is 0. The van der Waals surface area contributed by atoms with E-state index in [1.807, 2.05) is 0 Å². The van der Waals surface area contributed by atoms with E-state index < -0.39 is 10.0 Å². The number of nitrogens with one attached hydrogen (secondary N) is 3. The van der Waals surface area contributed by atoms with Crippen molar-refractivity contribution in [1.82, 2.24) is 15.4 Å². The Labute approximate surface area is 160 Å². The SMILES string of the molecule is CN=C(NCc1ccc(S(=O)(=O)NC)cc1)NCC1CCCO1.I. The molecule has 1 fully saturated rings. The summed E-state index contributed by atoms with van der Waals surface area (Å²) in [6, 6.07) is 6.74. The lowest BCUT2D eigenvalue weighted by Gasteiger charge is -2.15. The third kappa shape index (κ3) is 6.19. The van der Waals surface area contributed by atoms with Gasteiger partial charge in [0.25, 0.3) is 0 Å². The van der Waals surface area contributed by atoms with Gasteiger partial charge in [-0.2, -0.15) is 0 Å². The van der Waals surface area contributed by atoms with Gasteiger partial charge < -0.3 is 15.4 Å². The van der Waals surface area contributed by atoms with Crippen LogP contribution in [0.1, 0.15) is 18.4 Å². The lowest BCUT2D eigenvalue weighted by atomic mass is 10.2. The predicted octanol–water partition coefficient (Wildman–Crippen LogP) is 1.06. The molecule has 1 aliphatic rings. The van der Waals surface area contributed by atoms with Crippen molar-refractivity contribution >= 4 is 40.0 Å². The van der Waals surface area contributed by atoms with E-state index >= 15 is 0 Å². The molecule has 3 N–H and O–H groups in total. The second-order valence-electron chi connectivity index (χ2n) is 5.29. The van der Waals surface area contributed by atoms with Gasteiger partial charge in [0, 0.05) is 26.7 Å². The highest BCUT2D eigenvalue weighted by Gasteiger charge is 2.15.